The van der Waals surface area contributed by atoms with Crippen molar-refractivity contribution in [3.05, 3.63) is 14.4 Å². The van der Waals surface area contributed by atoms with Gasteiger partial charge in [-0.15, -0.1) is 0 Å². The van der Waals surface area contributed by atoms with Gasteiger partial charge in [0.2, 0.25) is 0 Å². The molecule has 0 saturated heterocycles. The van der Waals surface area contributed by atoms with Gasteiger partial charge in [0.15, 0.2) is 0 Å². The standard InChI is InChI=1S/C10H17.CH3.W/c1-7-4-5-8-6-9(7)10(8,2)3;;/h7-9H,1,4-6H2,2-3H3;1H3;/q2*-1;+2/t7?,8-,9-;;/m0../s1. The molecule has 0 spiro atoms. The van der Waals surface area contributed by atoms with E-state index in [-0.39, 0.29) is 28.5 Å². The molecule has 3 aliphatic carbocycles. The molecule has 3 rings (SSSR count). The normalized spacial score (nSPS) is 41.8. The third kappa shape index (κ3) is 1.52. The van der Waals surface area contributed by atoms with Gasteiger partial charge in [-0.3, -0.25) is 0 Å². The van der Waals surface area contributed by atoms with Crippen molar-refractivity contribution in [2.45, 2.75) is 33.1 Å². The predicted octanol–water partition coefficient (Wildman–Crippen LogP) is 3.34. The van der Waals surface area contributed by atoms with Crippen LogP contribution in [-0.2, 0) is 21.1 Å². The molecule has 12 heavy (non-hydrogen) atoms. The molecule has 0 aromatic heterocycles. The first-order chi connectivity index (χ1) is 4.62. The van der Waals surface area contributed by atoms with Crippen LogP contribution in [0.5, 0.6) is 0 Å². The van der Waals surface area contributed by atoms with Crippen LogP contribution in [0.15, 0.2) is 0 Å². The van der Waals surface area contributed by atoms with E-state index in [0.29, 0.717) is 5.41 Å². The smallest absolute Gasteiger partial charge is 0.358 e. The fourth-order valence-corrected chi connectivity index (χ4v) is 2.96. The van der Waals surface area contributed by atoms with Gasteiger partial charge in [0.05, 0.1) is 0 Å². The molecule has 1 heteroatoms. The summed E-state index contributed by atoms with van der Waals surface area (Å²) in [5.74, 6) is 2.75. The van der Waals surface area contributed by atoms with Crippen LogP contribution in [-0.4, -0.2) is 0 Å². The Morgan fingerprint density at radius 3 is 2.08 bits per heavy atom. The molecule has 0 amide bonds. The van der Waals surface area contributed by atoms with E-state index in [0.717, 1.165) is 17.8 Å². The summed E-state index contributed by atoms with van der Waals surface area (Å²) >= 11 is 0. The van der Waals surface area contributed by atoms with Crippen molar-refractivity contribution in [3.63, 3.8) is 0 Å². The number of rotatable bonds is 0. The Morgan fingerprint density at radius 2 is 1.83 bits per heavy atom. The molecule has 3 saturated carbocycles. The Hall–Kier alpha value is 0.688. The topological polar surface area (TPSA) is 0 Å². The van der Waals surface area contributed by atoms with Crippen molar-refractivity contribution >= 4 is 0 Å². The monoisotopic (exact) mass is 336 g/mol. The molecular weight excluding hydrogens is 316 g/mol. The fraction of sp³-hybridized carbons (Fsp3) is 0.818. The first kappa shape index (κ1) is 12.7. The summed E-state index contributed by atoms with van der Waals surface area (Å²) in [4.78, 5) is 0. The predicted molar refractivity (Wildman–Crippen MR) is 49.9 cm³/mol. The summed E-state index contributed by atoms with van der Waals surface area (Å²) < 4.78 is 0. The fourth-order valence-electron chi connectivity index (χ4n) is 2.96. The van der Waals surface area contributed by atoms with E-state index in [1.54, 1.807) is 0 Å². The minimum Gasteiger partial charge on any atom is -0.358 e. The molecule has 0 aromatic carbocycles. The minimum absolute atomic E-state index is 0. The van der Waals surface area contributed by atoms with E-state index in [9.17, 15) is 0 Å². The third-order valence-corrected chi connectivity index (χ3v) is 4.00. The molecule has 0 aromatic rings. The Morgan fingerprint density at radius 1 is 1.25 bits per heavy atom. The molecule has 1 unspecified atom stereocenters. The molecule has 0 N–H and O–H groups in total. The second-order valence-electron chi connectivity index (χ2n) is 4.70. The maximum absolute atomic E-state index is 4.21. The average molecular weight is 336 g/mol. The Kier molecular flexibility index (Phi) is 4.04. The van der Waals surface area contributed by atoms with E-state index >= 15 is 0 Å². The molecule has 0 heterocycles. The van der Waals surface area contributed by atoms with Crippen molar-refractivity contribution < 1.29 is 21.1 Å². The van der Waals surface area contributed by atoms with E-state index in [2.05, 4.69) is 20.8 Å². The van der Waals surface area contributed by atoms with Crippen LogP contribution in [0, 0.1) is 37.5 Å². The Bertz CT molecular complexity index is 149. The van der Waals surface area contributed by atoms with Crippen molar-refractivity contribution in [1.82, 2.24) is 0 Å². The second-order valence-corrected chi connectivity index (χ2v) is 4.70. The zero-order valence-electron chi connectivity index (χ0n) is 8.47. The molecule has 70 valence electrons. The SMILES string of the molecule is [CH2-]C1CC[C@H]2C[C@@H]1C2(C)C.[CH3-].[W+2]. The van der Waals surface area contributed by atoms with Gasteiger partial charge in [-0.25, -0.2) is 0 Å². The quantitative estimate of drug-likeness (QED) is 0.595. The van der Waals surface area contributed by atoms with Crippen molar-refractivity contribution in [2.24, 2.45) is 23.2 Å². The Balaban J connectivity index is 0.000000605. The molecule has 3 aliphatic rings. The minimum atomic E-state index is 0. The van der Waals surface area contributed by atoms with Gasteiger partial charge in [-0.1, -0.05) is 32.6 Å². The van der Waals surface area contributed by atoms with Crippen LogP contribution in [0.3, 0.4) is 0 Å². The van der Waals surface area contributed by atoms with Crippen LogP contribution in [0.4, 0.5) is 0 Å². The molecular formula is C11H20W. The van der Waals surface area contributed by atoms with E-state index in [1.807, 2.05) is 0 Å². The summed E-state index contributed by atoms with van der Waals surface area (Å²) in [7, 11) is 0. The van der Waals surface area contributed by atoms with Crippen LogP contribution >= 0.6 is 0 Å². The summed E-state index contributed by atoms with van der Waals surface area (Å²) in [6, 6.07) is 0. The first-order valence-corrected chi connectivity index (χ1v) is 4.45. The van der Waals surface area contributed by atoms with Gasteiger partial charge in [-0.2, -0.15) is 5.92 Å². The van der Waals surface area contributed by atoms with E-state index in [4.69, 9.17) is 0 Å². The molecule has 0 radical (unpaired) electrons. The maximum Gasteiger partial charge on any atom is 2.00 e. The molecule has 3 fully saturated rings. The van der Waals surface area contributed by atoms with Gasteiger partial charge >= 0.3 is 21.1 Å². The average Bonchev–Trinajstić information content (AvgIpc) is 1.87. The van der Waals surface area contributed by atoms with Gasteiger partial charge in [0.1, 0.15) is 0 Å². The van der Waals surface area contributed by atoms with Crippen LogP contribution in [0.1, 0.15) is 33.1 Å². The maximum atomic E-state index is 4.21. The van der Waals surface area contributed by atoms with Gasteiger partial charge in [0, 0.05) is 0 Å². The summed E-state index contributed by atoms with van der Waals surface area (Å²) in [5.41, 5.74) is 0.644. The summed E-state index contributed by atoms with van der Waals surface area (Å²) in [6.45, 7) is 9.05. The zero-order valence-corrected chi connectivity index (χ0v) is 11.4. The van der Waals surface area contributed by atoms with Gasteiger partial charge < -0.3 is 14.4 Å². The second kappa shape index (κ2) is 3.82. The molecule has 0 nitrogen and oxygen atoms in total. The van der Waals surface area contributed by atoms with Crippen molar-refractivity contribution in [1.29, 1.82) is 0 Å². The van der Waals surface area contributed by atoms with Crippen molar-refractivity contribution in [3.8, 4) is 0 Å². The molecule has 3 atom stereocenters. The molecule has 0 aliphatic heterocycles. The third-order valence-electron chi connectivity index (χ3n) is 4.00. The van der Waals surface area contributed by atoms with Gasteiger partial charge in [0.25, 0.3) is 0 Å². The number of hydrogen-bond donors (Lipinski definition) is 0. The molecule has 2 bridgehead atoms. The summed E-state index contributed by atoms with van der Waals surface area (Å²) in [5, 5.41) is 0. The van der Waals surface area contributed by atoms with Crippen LogP contribution < -0.4 is 0 Å². The summed E-state index contributed by atoms with van der Waals surface area (Å²) in [6.07, 6.45) is 4.30. The zero-order chi connectivity index (χ0) is 7.35. The first-order valence-electron chi connectivity index (χ1n) is 4.45. The van der Waals surface area contributed by atoms with Gasteiger partial charge in [-0.05, 0) is 17.8 Å². The van der Waals surface area contributed by atoms with E-state index < -0.39 is 0 Å². The number of fused-ring (bicyclic) bond motifs is 2. The van der Waals surface area contributed by atoms with Crippen LogP contribution in [0.25, 0.3) is 0 Å². The van der Waals surface area contributed by atoms with Crippen molar-refractivity contribution in [2.75, 3.05) is 0 Å². The largest absolute Gasteiger partial charge is 2.00 e. The number of hydrogen-bond acceptors (Lipinski definition) is 0. The Labute approximate surface area is 91.8 Å². The van der Waals surface area contributed by atoms with Crippen LogP contribution in [0.2, 0.25) is 0 Å². The van der Waals surface area contributed by atoms with E-state index in [1.165, 1.54) is 19.3 Å².